The first-order valence-corrected chi connectivity index (χ1v) is 5.78. The van der Waals surface area contributed by atoms with Gasteiger partial charge in [-0.25, -0.2) is 4.79 Å². The van der Waals surface area contributed by atoms with Gasteiger partial charge in [-0.1, -0.05) is 20.3 Å². The zero-order valence-corrected chi connectivity index (χ0v) is 10.9. The Morgan fingerprint density at radius 2 is 1.94 bits per heavy atom. The van der Waals surface area contributed by atoms with E-state index < -0.39 is 18.2 Å². The molecule has 3 atom stereocenters. The van der Waals surface area contributed by atoms with Crippen LogP contribution in [-0.2, 0) is 4.79 Å². The van der Waals surface area contributed by atoms with Crippen molar-refractivity contribution in [2.75, 3.05) is 13.6 Å². The number of hydrogen-bond donors (Lipinski definition) is 3. The third-order valence-electron chi connectivity index (χ3n) is 2.69. The third kappa shape index (κ3) is 5.53. The lowest BCUT2D eigenvalue weighted by atomic mass is 9.98. The number of carbonyl (C=O) groups excluding carboxylic acids is 2. The van der Waals surface area contributed by atoms with Crippen LogP contribution in [0.5, 0.6) is 0 Å². The van der Waals surface area contributed by atoms with E-state index in [1.807, 2.05) is 13.8 Å². The zero-order chi connectivity index (χ0) is 13.6. The van der Waals surface area contributed by atoms with Crippen molar-refractivity contribution in [3.8, 4) is 0 Å². The molecule has 0 spiro atoms. The molecule has 3 amide bonds. The molecule has 3 unspecified atom stereocenters. The van der Waals surface area contributed by atoms with Crippen molar-refractivity contribution < 1.29 is 14.7 Å². The van der Waals surface area contributed by atoms with Crippen molar-refractivity contribution in [1.29, 1.82) is 0 Å². The Labute approximate surface area is 102 Å². The fraction of sp³-hybridized carbons (Fsp3) is 0.818. The van der Waals surface area contributed by atoms with Gasteiger partial charge in [0.25, 0.3) is 0 Å². The molecule has 0 aromatic rings. The number of amides is 3. The second kappa shape index (κ2) is 7.11. The van der Waals surface area contributed by atoms with E-state index in [9.17, 15) is 14.7 Å². The Kier molecular flexibility index (Phi) is 6.57. The summed E-state index contributed by atoms with van der Waals surface area (Å²) in [6.45, 7) is 5.63. The minimum atomic E-state index is -0.714. The summed E-state index contributed by atoms with van der Waals surface area (Å²) in [5.74, 6) is -0.245. The van der Waals surface area contributed by atoms with Crippen molar-refractivity contribution in [3.63, 3.8) is 0 Å². The number of nitrogens with zero attached hydrogens (tertiary/aromatic N) is 1. The standard InChI is InChI=1S/C11H23N3O3/c1-5-7(2)9(13-11(12)17)10(16)14(4)6-8(3)15/h7-9,15H,5-6H2,1-4H3,(H3,12,13,17). The Balaban J connectivity index is 4.67. The van der Waals surface area contributed by atoms with Crippen LogP contribution in [0, 0.1) is 5.92 Å². The lowest BCUT2D eigenvalue weighted by Crippen LogP contribution is -2.53. The SMILES string of the molecule is CCC(C)C(NC(N)=O)C(=O)N(C)CC(C)O. The average molecular weight is 245 g/mol. The second-order valence-corrected chi connectivity index (χ2v) is 4.44. The number of nitrogens with two attached hydrogens (primary N) is 1. The molecular weight excluding hydrogens is 222 g/mol. The fourth-order valence-electron chi connectivity index (χ4n) is 1.56. The number of nitrogens with one attached hydrogen (secondary N) is 1. The van der Waals surface area contributed by atoms with Gasteiger partial charge in [0.15, 0.2) is 0 Å². The highest BCUT2D eigenvalue weighted by Crippen LogP contribution is 2.10. The van der Waals surface area contributed by atoms with Gasteiger partial charge >= 0.3 is 6.03 Å². The molecule has 6 heteroatoms. The number of hydrogen-bond acceptors (Lipinski definition) is 3. The van der Waals surface area contributed by atoms with E-state index in [0.717, 1.165) is 6.42 Å². The quantitative estimate of drug-likeness (QED) is 0.610. The van der Waals surface area contributed by atoms with Crippen molar-refractivity contribution in [3.05, 3.63) is 0 Å². The summed E-state index contributed by atoms with van der Waals surface area (Å²) in [6, 6.07) is -1.35. The molecule has 0 aliphatic heterocycles. The summed E-state index contributed by atoms with van der Waals surface area (Å²) in [5, 5.41) is 11.7. The van der Waals surface area contributed by atoms with E-state index in [2.05, 4.69) is 5.32 Å². The van der Waals surface area contributed by atoms with Crippen LogP contribution in [0.15, 0.2) is 0 Å². The highest BCUT2D eigenvalue weighted by atomic mass is 16.3. The van der Waals surface area contributed by atoms with Gasteiger partial charge in [0.2, 0.25) is 5.91 Å². The normalized spacial score (nSPS) is 15.8. The summed E-state index contributed by atoms with van der Waals surface area (Å²) in [4.78, 5) is 24.3. The van der Waals surface area contributed by atoms with E-state index in [0.29, 0.717) is 0 Å². The average Bonchev–Trinajstić information content (AvgIpc) is 2.22. The highest BCUT2D eigenvalue weighted by Gasteiger charge is 2.28. The first kappa shape index (κ1) is 15.7. The number of primary amides is 1. The molecule has 0 bridgehead atoms. The Bertz CT molecular complexity index is 269. The Hall–Kier alpha value is -1.30. The molecule has 6 nitrogen and oxygen atoms in total. The largest absolute Gasteiger partial charge is 0.392 e. The van der Waals surface area contributed by atoms with E-state index in [1.54, 1.807) is 14.0 Å². The third-order valence-corrected chi connectivity index (χ3v) is 2.69. The highest BCUT2D eigenvalue weighted by molar-refractivity contribution is 5.86. The summed E-state index contributed by atoms with van der Waals surface area (Å²) >= 11 is 0. The van der Waals surface area contributed by atoms with Crippen LogP contribution in [0.25, 0.3) is 0 Å². The van der Waals surface area contributed by atoms with Gasteiger partial charge in [0, 0.05) is 13.6 Å². The maximum Gasteiger partial charge on any atom is 0.312 e. The molecule has 0 fully saturated rings. The molecule has 0 rings (SSSR count). The maximum absolute atomic E-state index is 12.1. The van der Waals surface area contributed by atoms with Crippen LogP contribution in [0.1, 0.15) is 27.2 Å². The number of aliphatic hydroxyl groups is 1. The topological polar surface area (TPSA) is 95.7 Å². The Morgan fingerprint density at radius 3 is 2.29 bits per heavy atom. The van der Waals surface area contributed by atoms with E-state index in [1.165, 1.54) is 4.90 Å². The number of rotatable bonds is 6. The first-order chi connectivity index (χ1) is 7.79. The van der Waals surface area contributed by atoms with Crippen molar-refractivity contribution >= 4 is 11.9 Å². The van der Waals surface area contributed by atoms with Crippen LogP contribution in [-0.4, -0.2) is 47.7 Å². The van der Waals surface area contributed by atoms with E-state index in [4.69, 9.17) is 5.73 Å². The number of urea groups is 1. The molecule has 0 aliphatic rings. The maximum atomic E-state index is 12.1. The van der Waals surface area contributed by atoms with Gasteiger partial charge in [0.05, 0.1) is 6.10 Å². The van der Waals surface area contributed by atoms with Gasteiger partial charge in [-0.05, 0) is 12.8 Å². The molecule has 0 heterocycles. The molecule has 17 heavy (non-hydrogen) atoms. The van der Waals surface area contributed by atoms with Crippen LogP contribution >= 0.6 is 0 Å². The molecule has 0 aliphatic carbocycles. The van der Waals surface area contributed by atoms with Crippen LogP contribution in [0.2, 0.25) is 0 Å². The van der Waals surface area contributed by atoms with Gasteiger partial charge in [-0.15, -0.1) is 0 Å². The molecule has 0 saturated heterocycles. The zero-order valence-electron chi connectivity index (χ0n) is 10.9. The molecule has 0 radical (unpaired) electrons. The molecule has 0 aromatic heterocycles. The summed E-state index contributed by atoms with van der Waals surface area (Å²) in [7, 11) is 1.59. The lowest BCUT2D eigenvalue weighted by Gasteiger charge is -2.28. The Morgan fingerprint density at radius 1 is 1.41 bits per heavy atom. The smallest absolute Gasteiger partial charge is 0.312 e. The molecule has 0 saturated carbocycles. The molecule has 4 N–H and O–H groups in total. The van der Waals surface area contributed by atoms with Crippen LogP contribution < -0.4 is 11.1 Å². The summed E-state index contributed by atoms with van der Waals surface area (Å²) in [5.41, 5.74) is 5.05. The minimum absolute atomic E-state index is 0.00792. The summed E-state index contributed by atoms with van der Waals surface area (Å²) < 4.78 is 0. The monoisotopic (exact) mass is 245 g/mol. The van der Waals surface area contributed by atoms with Crippen molar-refractivity contribution in [2.24, 2.45) is 11.7 Å². The molecular formula is C11H23N3O3. The first-order valence-electron chi connectivity index (χ1n) is 5.78. The minimum Gasteiger partial charge on any atom is -0.392 e. The molecule has 100 valence electrons. The van der Waals surface area contributed by atoms with Crippen LogP contribution in [0.3, 0.4) is 0 Å². The predicted octanol–water partition coefficient (Wildman–Crippen LogP) is -0.0914. The predicted molar refractivity (Wildman–Crippen MR) is 65.3 cm³/mol. The van der Waals surface area contributed by atoms with Crippen LogP contribution in [0.4, 0.5) is 4.79 Å². The number of aliphatic hydroxyl groups excluding tert-OH is 1. The van der Waals surface area contributed by atoms with Crippen molar-refractivity contribution in [1.82, 2.24) is 10.2 Å². The van der Waals surface area contributed by atoms with Crippen molar-refractivity contribution in [2.45, 2.75) is 39.3 Å². The fourth-order valence-corrected chi connectivity index (χ4v) is 1.56. The summed E-state index contributed by atoms with van der Waals surface area (Å²) in [6.07, 6.45) is 0.147. The van der Waals surface area contributed by atoms with Gasteiger partial charge in [-0.3, -0.25) is 4.79 Å². The second-order valence-electron chi connectivity index (χ2n) is 4.44. The van der Waals surface area contributed by atoms with E-state index in [-0.39, 0.29) is 18.4 Å². The van der Waals surface area contributed by atoms with Gasteiger partial charge in [0.1, 0.15) is 6.04 Å². The number of carbonyl (C=O) groups is 2. The van der Waals surface area contributed by atoms with Gasteiger partial charge < -0.3 is 21.1 Å². The van der Waals surface area contributed by atoms with Gasteiger partial charge in [-0.2, -0.15) is 0 Å². The number of likely N-dealkylation sites (N-methyl/N-ethyl adjacent to an activating group) is 1. The lowest BCUT2D eigenvalue weighted by molar-refractivity contribution is -0.134. The molecule has 0 aromatic carbocycles. The van der Waals surface area contributed by atoms with E-state index >= 15 is 0 Å².